The van der Waals surface area contributed by atoms with Gasteiger partial charge in [-0.2, -0.15) is 0 Å². The van der Waals surface area contributed by atoms with Crippen molar-refractivity contribution in [2.45, 2.75) is 32.6 Å². The van der Waals surface area contributed by atoms with E-state index in [1.54, 1.807) is 6.92 Å². The first-order valence-electron chi connectivity index (χ1n) is 4.67. The molecule has 0 N–H and O–H groups in total. The molecular formula is C12H15BrO. The third-order valence-corrected chi connectivity index (χ3v) is 2.85. The van der Waals surface area contributed by atoms with Crippen LogP contribution >= 0.6 is 15.9 Å². The van der Waals surface area contributed by atoms with Gasteiger partial charge in [-0.3, -0.25) is 4.79 Å². The quantitative estimate of drug-likeness (QED) is 0.804. The summed E-state index contributed by atoms with van der Waals surface area (Å²) in [5, 5.41) is 0. The molecule has 0 fully saturated rings. The van der Waals surface area contributed by atoms with Crippen LogP contribution in [0.1, 0.15) is 32.8 Å². The molecule has 1 nitrogen and oxygen atoms in total. The Morgan fingerprint density at radius 3 is 2.21 bits per heavy atom. The molecule has 0 aliphatic heterocycles. The number of halogens is 1. The zero-order valence-electron chi connectivity index (χ0n) is 8.80. The van der Waals surface area contributed by atoms with Crippen molar-refractivity contribution in [1.82, 2.24) is 0 Å². The van der Waals surface area contributed by atoms with Gasteiger partial charge < -0.3 is 0 Å². The normalized spacial score (nSPS) is 11.4. The number of Topliss-reactive ketones (excluding diaryl/α,β-unsaturated/α-hetero) is 1. The number of ketones is 1. The minimum Gasteiger partial charge on any atom is -0.300 e. The second kappa shape index (κ2) is 4.26. The molecule has 2 heteroatoms. The first kappa shape index (κ1) is 11.4. The maximum absolute atomic E-state index is 11.1. The Morgan fingerprint density at radius 1 is 1.29 bits per heavy atom. The van der Waals surface area contributed by atoms with Crippen molar-refractivity contribution in [2.24, 2.45) is 0 Å². The summed E-state index contributed by atoms with van der Waals surface area (Å²) in [6.45, 7) is 5.83. The van der Waals surface area contributed by atoms with Gasteiger partial charge in [-0.1, -0.05) is 41.9 Å². The van der Waals surface area contributed by atoms with Crippen molar-refractivity contribution in [2.75, 3.05) is 0 Å². The average molecular weight is 255 g/mol. The lowest BCUT2D eigenvalue weighted by molar-refractivity contribution is -0.118. The molecule has 0 aliphatic carbocycles. The summed E-state index contributed by atoms with van der Waals surface area (Å²) in [6, 6.07) is 8.15. The van der Waals surface area contributed by atoms with Crippen molar-refractivity contribution in [3.63, 3.8) is 0 Å². The lowest BCUT2D eigenvalue weighted by Crippen LogP contribution is -2.20. The van der Waals surface area contributed by atoms with Crippen molar-refractivity contribution in [3.05, 3.63) is 34.3 Å². The third-order valence-electron chi connectivity index (χ3n) is 2.32. The zero-order chi connectivity index (χ0) is 10.8. The topological polar surface area (TPSA) is 17.1 Å². The fraction of sp³-hybridized carbons (Fsp3) is 0.417. The van der Waals surface area contributed by atoms with Crippen LogP contribution in [0.3, 0.4) is 0 Å². The van der Waals surface area contributed by atoms with Crippen molar-refractivity contribution in [3.8, 4) is 0 Å². The summed E-state index contributed by atoms with van der Waals surface area (Å²) >= 11 is 3.40. The largest absolute Gasteiger partial charge is 0.300 e. The summed E-state index contributed by atoms with van der Waals surface area (Å²) in [6.07, 6.45) is 0.592. The van der Waals surface area contributed by atoms with Crippen molar-refractivity contribution < 1.29 is 4.79 Å². The molecule has 0 radical (unpaired) electrons. The number of rotatable bonds is 3. The van der Waals surface area contributed by atoms with Gasteiger partial charge in [0, 0.05) is 10.9 Å². The molecule has 0 saturated carbocycles. The van der Waals surface area contributed by atoms with E-state index in [4.69, 9.17) is 0 Å². The monoisotopic (exact) mass is 254 g/mol. The minimum atomic E-state index is -0.0630. The molecule has 1 aromatic carbocycles. The molecule has 0 amide bonds. The van der Waals surface area contributed by atoms with Gasteiger partial charge in [0.2, 0.25) is 0 Å². The molecule has 0 saturated heterocycles. The van der Waals surface area contributed by atoms with Gasteiger partial charge >= 0.3 is 0 Å². The van der Waals surface area contributed by atoms with Gasteiger partial charge in [0.05, 0.1) is 0 Å². The molecular weight excluding hydrogens is 240 g/mol. The summed E-state index contributed by atoms with van der Waals surface area (Å²) in [5.41, 5.74) is 1.14. The van der Waals surface area contributed by atoms with Gasteiger partial charge in [-0.25, -0.2) is 0 Å². The molecule has 0 unspecified atom stereocenters. The highest BCUT2D eigenvalue weighted by Crippen LogP contribution is 2.28. The van der Waals surface area contributed by atoms with Crippen molar-refractivity contribution in [1.29, 1.82) is 0 Å². The number of benzene rings is 1. The van der Waals surface area contributed by atoms with Gasteiger partial charge in [0.25, 0.3) is 0 Å². The summed E-state index contributed by atoms with van der Waals surface area (Å²) in [7, 11) is 0. The fourth-order valence-electron chi connectivity index (χ4n) is 1.63. The lowest BCUT2D eigenvalue weighted by atomic mass is 9.80. The molecule has 0 aliphatic rings. The lowest BCUT2D eigenvalue weighted by Gasteiger charge is -2.23. The van der Waals surface area contributed by atoms with E-state index in [9.17, 15) is 4.79 Å². The zero-order valence-corrected chi connectivity index (χ0v) is 10.4. The van der Waals surface area contributed by atoms with E-state index in [0.717, 1.165) is 4.47 Å². The molecule has 0 atom stereocenters. The van der Waals surface area contributed by atoms with E-state index in [-0.39, 0.29) is 11.2 Å². The highest BCUT2D eigenvalue weighted by Gasteiger charge is 2.21. The number of carbonyl (C=O) groups is 1. The predicted molar refractivity (Wildman–Crippen MR) is 62.5 cm³/mol. The Labute approximate surface area is 93.7 Å². The van der Waals surface area contributed by atoms with Crippen LogP contribution in [0.25, 0.3) is 0 Å². The Hall–Kier alpha value is -0.630. The van der Waals surface area contributed by atoms with E-state index in [0.29, 0.717) is 6.42 Å². The van der Waals surface area contributed by atoms with Crippen LogP contribution in [0.5, 0.6) is 0 Å². The van der Waals surface area contributed by atoms with Gasteiger partial charge in [0.1, 0.15) is 5.78 Å². The maximum atomic E-state index is 11.1. The van der Waals surface area contributed by atoms with Gasteiger partial charge in [-0.05, 0) is 30.0 Å². The molecule has 76 valence electrons. The highest BCUT2D eigenvalue weighted by atomic mass is 79.9. The van der Waals surface area contributed by atoms with E-state index >= 15 is 0 Å². The first-order valence-corrected chi connectivity index (χ1v) is 5.46. The molecule has 0 heterocycles. The van der Waals surface area contributed by atoms with Crippen LogP contribution in [0.2, 0.25) is 0 Å². The van der Waals surface area contributed by atoms with Crippen LogP contribution in [0.15, 0.2) is 28.7 Å². The SMILES string of the molecule is CC(=O)CC(C)(C)c1ccc(Br)cc1. The van der Waals surface area contributed by atoms with E-state index in [2.05, 4.69) is 41.9 Å². The van der Waals surface area contributed by atoms with E-state index in [1.807, 2.05) is 12.1 Å². The Balaban J connectivity index is 2.91. The van der Waals surface area contributed by atoms with Crippen LogP contribution in [0, 0.1) is 0 Å². The Bertz CT molecular complexity index is 325. The first-order chi connectivity index (χ1) is 6.42. The smallest absolute Gasteiger partial charge is 0.130 e. The van der Waals surface area contributed by atoms with Crippen LogP contribution in [0.4, 0.5) is 0 Å². The predicted octanol–water partition coefficient (Wildman–Crippen LogP) is 3.71. The summed E-state index contributed by atoms with van der Waals surface area (Å²) in [5.74, 6) is 0.234. The van der Waals surface area contributed by atoms with Crippen LogP contribution in [-0.4, -0.2) is 5.78 Å². The minimum absolute atomic E-state index is 0.0630. The molecule has 1 aromatic rings. The van der Waals surface area contributed by atoms with Crippen molar-refractivity contribution >= 4 is 21.7 Å². The standard InChI is InChI=1S/C12H15BrO/c1-9(14)8-12(2,3)10-4-6-11(13)7-5-10/h4-7H,8H2,1-3H3. The van der Waals surface area contributed by atoms with Crippen LogP contribution in [-0.2, 0) is 10.2 Å². The van der Waals surface area contributed by atoms with E-state index in [1.165, 1.54) is 5.56 Å². The molecule has 14 heavy (non-hydrogen) atoms. The number of hydrogen-bond donors (Lipinski definition) is 0. The molecule has 0 bridgehead atoms. The average Bonchev–Trinajstić information content (AvgIpc) is 2.02. The highest BCUT2D eigenvalue weighted by molar-refractivity contribution is 9.10. The fourth-order valence-corrected chi connectivity index (χ4v) is 1.89. The number of carbonyl (C=O) groups excluding carboxylic acids is 1. The second-order valence-electron chi connectivity index (χ2n) is 4.27. The summed E-state index contributed by atoms with van der Waals surface area (Å²) < 4.78 is 1.07. The van der Waals surface area contributed by atoms with Gasteiger partial charge in [-0.15, -0.1) is 0 Å². The second-order valence-corrected chi connectivity index (χ2v) is 5.19. The Morgan fingerprint density at radius 2 is 1.79 bits per heavy atom. The number of hydrogen-bond acceptors (Lipinski definition) is 1. The third kappa shape index (κ3) is 2.95. The van der Waals surface area contributed by atoms with Crippen LogP contribution < -0.4 is 0 Å². The maximum Gasteiger partial charge on any atom is 0.130 e. The molecule has 0 aromatic heterocycles. The molecule has 0 spiro atoms. The molecule has 1 rings (SSSR count). The van der Waals surface area contributed by atoms with Gasteiger partial charge in [0.15, 0.2) is 0 Å². The Kier molecular flexibility index (Phi) is 3.48. The summed E-state index contributed by atoms with van der Waals surface area (Å²) in [4.78, 5) is 11.1. The van der Waals surface area contributed by atoms with E-state index < -0.39 is 0 Å².